The van der Waals surface area contributed by atoms with Crippen LogP contribution in [0, 0.1) is 5.82 Å². The summed E-state index contributed by atoms with van der Waals surface area (Å²) in [5.74, 6) is -2.66. The predicted molar refractivity (Wildman–Crippen MR) is 178 cm³/mol. The van der Waals surface area contributed by atoms with Gasteiger partial charge in [-0.1, -0.05) is 49.3 Å². The zero-order chi connectivity index (χ0) is 35.5. The van der Waals surface area contributed by atoms with Crippen molar-refractivity contribution in [2.75, 3.05) is 5.32 Å². The van der Waals surface area contributed by atoms with Crippen LogP contribution in [0.1, 0.15) is 63.2 Å². The van der Waals surface area contributed by atoms with E-state index in [9.17, 15) is 19.5 Å². The SMILES string of the molecule is CC(C)(C)OC(=O)Nc1ccc(-c2nc(-c3ccc(C[C@@H](NC(=O)c4cn(-c5ccc(C(C)(C)C)cc5)nn4)C(=O)O)cc3F)no2)cc1. The van der Waals surface area contributed by atoms with E-state index in [1.54, 1.807) is 45.0 Å². The molecule has 0 saturated carbocycles. The van der Waals surface area contributed by atoms with E-state index >= 15 is 4.39 Å². The third-order valence-electron chi connectivity index (χ3n) is 7.24. The van der Waals surface area contributed by atoms with Crippen molar-refractivity contribution < 1.29 is 33.1 Å². The van der Waals surface area contributed by atoms with E-state index in [-0.39, 0.29) is 34.8 Å². The molecule has 5 rings (SSSR count). The number of hydrogen-bond acceptors (Lipinski definition) is 9. The average molecular weight is 670 g/mol. The molecular formula is C35H36FN7O6. The highest BCUT2D eigenvalue weighted by Crippen LogP contribution is 2.27. The molecule has 2 amide bonds. The molecular weight excluding hydrogens is 633 g/mol. The van der Waals surface area contributed by atoms with Crippen LogP contribution in [-0.4, -0.2) is 59.9 Å². The number of aromatic nitrogens is 5. The fourth-order valence-electron chi connectivity index (χ4n) is 4.71. The van der Waals surface area contributed by atoms with Gasteiger partial charge < -0.3 is 19.7 Å². The molecule has 0 aliphatic rings. The van der Waals surface area contributed by atoms with Crippen LogP contribution in [0.4, 0.5) is 14.9 Å². The van der Waals surface area contributed by atoms with Gasteiger partial charge in [0, 0.05) is 17.7 Å². The van der Waals surface area contributed by atoms with E-state index in [1.165, 1.54) is 23.0 Å². The van der Waals surface area contributed by atoms with Gasteiger partial charge in [0.1, 0.15) is 17.5 Å². The Morgan fingerprint density at radius 2 is 1.67 bits per heavy atom. The number of aliphatic carboxylic acids is 1. The van der Waals surface area contributed by atoms with Crippen LogP contribution in [0.3, 0.4) is 0 Å². The molecule has 0 aliphatic heterocycles. The second-order valence-corrected chi connectivity index (χ2v) is 13.4. The molecule has 0 unspecified atom stereocenters. The summed E-state index contributed by atoms with van der Waals surface area (Å²) < 4.78 is 27.2. The monoisotopic (exact) mass is 669 g/mol. The minimum Gasteiger partial charge on any atom is -0.480 e. The van der Waals surface area contributed by atoms with Crippen molar-refractivity contribution in [1.82, 2.24) is 30.5 Å². The van der Waals surface area contributed by atoms with Gasteiger partial charge in [0.05, 0.1) is 17.4 Å². The number of nitrogens with zero attached hydrogens (tertiary/aromatic N) is 5. The zero-order valence-electron chi connectivity index (χ0n) is 27.8. The number of hydrogen-bond donors (Lipinski definition) is 3. The zero-order valence-corrected chi connectivity index (χ0v) is 27.8. The highest BCUT2D eigenvalue weighted by atomic mass is 19.1. The van der Waals surface area contributed by atoms with E-state index in [0.717, 1.165) is 11.6 Å². The van der Waals surface area contributed by atoms with E-state index in [0.29, 0.717) is 22.5 Å². The highest BCUT2D eigenvalue weighted by molar-refractivity contribution is 5.94. The fourth-order valence-corrected chi connectivity index (χ4v) is 4.71. The number of benzene rings is 3. The lowest BCUT2D eigenvalue weighted by Crippen LogP contribution is -2.42. The van der Waals surface area contributed by atoms with Crippen molar-refractivity contribution in [2.45, 2.75) is 65.0 Å². The summed E-state index contributed by atoms with van der Waals surface area (Å²) in [5.41, 5.74) is 2.43. The predicted octanol–water partition coefficient (Wildman–Crippen LogP) is 6.19. The third kappa shape index (κ3) is 8.71. The number of amides is 2. The standard InChI is InChI=1S/C35H36FN7O6/c1-34(2,3)22-10-14-24(15-11-22)43-19-28(40-42-43)30(44)38-27(32(45)46)18-20-7-16-25(26(36)17-20)29-39-31(49-41-29)21-8-12-23(13-9-21)37-33(47)48-35(4,5)6/h7-17,19,27H,18H2,1-6H3,(H,37,47)(H,38,44)(H,45,46)/t27-/m1/s1. The summed E-state index contributed by atoms with van der Waals surface area (Å²) in [6.07, 6.45) is 0.601. The lowest BCUT2D eigenvalue weighted by atomic mass is 9.87. The molecule has 13 nitrogen and oxygen atoms in total. The molecule has 0 aliphatic carbocycles. The maximum Gasteiger partial charge on any atom is 0.412 e. The molecule has 0 saturated heterocycles. The summed E-state index contributed by atoms with van der Waals surface area (Å²) >= 11 is 0. The van der Waals surface area contributed by atoms with Gasteiger partial charge >= 0.3 is 12.1 Å². The first-order chi connectivity index (χ1) is 23.1. The van der Waals surface area contributed by atoms with Crippen molar-refractivity contribution in [2.24, 2.45) is 0 Å². The number of carboxylic acid groups (broad SMARTS) is 1. The minimum atomic E-state index is -1.38. The van der Waals surface area contributed by atoms with Gasteiger partial charge in [-0.2, -0.15) is 4.98 Å². The van der Waals surface area contributed by atoms with Crippen molar-refractivity contribution >= 4 is 23.7 Å². The summed E-state index contributed by atoms with van der Waals surface area (Å²) in [6, 6.07) is 16.9. The summed E-state index contributed by atoms with van der Waals surface area (Å²) in [4.78, 5) is 41.2. The first-order valence-corrected chi connectivity index (χ1v) is 15.4. The number of nitrogens with one attached hydrogen (secondary N) is 2. The van der Waals surface area contributed by atoms with E-state index in [4.69, 9.17) is 9.26 Å². The minimum absolute atomic E-state index is 0.0192. The lowest BCUT2D eigenvalue weighted by Gasteiger charge is -2.19. The molecule has 0 fully saturated rings. The molecule has 5 aromatic rings. The topological polar surface area (TPSA) is 174 Å². The Morgan fingerprint density at radius 3 is 2.29 bits per heavy atom. The molecule has 1 atom stereocenters. The smallest absolute Gasteiger partial charge is 0.412 e. The number of anilines is 1. The number of rotatable bonds is 9. The summed E-state index contributed by atoms with van der Waals surface area (Å²) in [6.45, 7) is 11.6. The largest absolute Gasteiger partial charge is 0.480 e. The molecule has 0 bridgehead atoms. The normalized spacial score (nSPS) is 12.3. The van der Waals surface area contributed by atoms with Crippen LogP contribution in [0.15, 0.2) is 77.4 Å². The molecule has 0 radical (unpaired) electrons. The van der Waals surface area contributed by atoms with Gasteiger partial charge in [0.25, 0.3) is 11.8 Å². The lowest BCUT2D eigenvalue weighted by molar-refractivity contribution is -0.139. The number of ether oxygens (including phenoxy) is 1. The van der Waals surface area contributed by atoms with E-state index < -0.39 is 35.4 Å². The van der Waals surface area contributed by atoms with Crippen molar-refractivity contribution in [3.05, 3.63) is 95.6 Å². The van der Waals surface area contributed by atoms with E-state index in [2.05, 4.69) is 51.9 Å². The van der Waals surface area contributed by atoms with Gasteiger partial charge in [-0.05, 0) is 85.8 Å². The Hall–Kier alpha value is -5.92. The van der Waals surface area contributed by atoms with Gasteiger partial charge in [0.2, 0.25) is 5.82 Å². The molecule has 254 valence electrons. The van der Waals surface area contributed by atoms with Crippen LogP contribution < -0.4 is 10.6 Å². The van der Waals surface area contributed by atoms with Crippen LogP contribution in [0.25, 0.3) is 28.5 Å². The molecule has 3 N–H and O–H groups in total. The van der Waals surface area contributed by atoms with Crippen molar-refractivity contribution in [1.29, 1.82) is 0 Å². The molecule has 3 aromatic carbocycles. The molecule has 49 heavy (non-hydrogen) atoms. The van der Waals surface area contributed by atoms with Gasteiger partial charge in [-0.15, -0.1) is 5.10 Å². The Morgan fingerprint density at radius 1 is 0.980 bits per heavy atom. The van der Waals surface area contributed by atoms with Crippen molar-refractivity contribution in [3.63, 3.8) is 0 Å². The highest BCUT2D eigenvalue weighted by Gasteiger charge is 2.24. The Labute approximate surface area is 281 Å². The average Bonchev–Trinajstić information content (AvgIpc) is 3.71. The first kappa shape index (κ1) is 34.4. The van der Waals surface area contributed by atoms with Crippen LogP contribution in [0.2, 0.25) is 0 Å². The van der Waals surface area contributed by atoms with Crippen LogP contribution in [-0.2, 0) is 21.4 Å². The Kier molecular flexibility index (Phi) is 9.60. The second-order valence-electron chi connectivity index (χ2n) is 13.4. The van der Waals surface area contributed by atoms with Crippen molar-refractivity contribution in [3.8, 4) is 28.5 Å². The second kappa shape index (κ2) is 13.7. The summed E-state index contributed by atoms with van der Waals surface area (Å²) in [7, 11) is 0. The maximum atomic E-state index is 15.2. The number of halogens is 1. The van der Waals surface area contributed by atoms with Gasteiger partial charge in [-0.25, -0.2) is 18.7 Å². The van der Waals surface area contributed by atoms with Gasteiger partial charge in [-0.3, -0.25) is 10.1 Å². The van der Waals surface area contributed by atoms with Crippen LogP contribution in [0.5, 0.6) is 0 Å². The number of carboxylic acids is 1. The Bertz CT molecular complexity index is 1970. The molecule has 14 heteroatoms. The number of carbonyl (C=O) groups excluding carboxylic acids is 2. The molecule has 0 spiro atoms. The fraction of sp³-hybridized carbons (Fsp3) is 0.286. The molecule has 2 aromatic heterocycles. The van der Waals surface area contributed by atoms with Crippen LogP contribution >= 0.6 is 0 Å². The number of carbonyl (C=O) groups is 3. The molecule has 2 heterocycles. The third-order valence-corrected chi connectivity index (χ3v) is 7.24. The summed E-state index contributed by atoms with van der Waals surface area (Å²) in [5, 5.41) is 26.7. The van der Waals surface area contributed by atoms with E-state index in [1.807, 2.05) is 24.3 Å². The quantitative estimate of drug-likeness (QED) is 0.164. The Balaban J connectivity index is 1.22. The maximum absolute atomic E-state index is 15.2. The first-order valence-electron chi connectivity index (χ1n) is 15.4. The van der Waals surface area contributed by atoms with Gasteiger partial charge in [0.15, 0.2) is 5.69 Å².